The molecule has 17 heavy (non-hydrogen) atoms. The first-order chi connectivity index (χ1) is 8.18. The largest absolute Gasteiger partial charge is 0.484 e. The first-order valence-electron chi connectivity index (χ1n) is 4.81. The van der Waals surface area contributed by atoms with E-state index in [9.17, 15) is 9.18 Å². The second-order valence-corrected chi connectivity index (χ2v) is 3.29. The molecule has 0 aliphatic heterocycles. The number of ether oxygens (including phenoxy) is 1. The van der Waals surface area contributed by atoms with E-state index in [1.807, 2.05) is 0 Å². The Labute approximate surface area is 95.9 Å². The Kier molecular flexibility index (Phi) is 3.04. The van der Waals surface area contributed by atoms with Crippen molar-refractivity contribution in [2.45, 2.75) is 6.61 Å². The highest BCUT2D eigenvalue weighted by molar-refractivity contribution is 5.88. The number of aromatic nitrogens is 2. The molecule has 88 valence electrons. The second kappa shape index (κ2) is 4.65. The Morgan fingerprint density at radius 1 is 1.47 bits per heavy atom. The average molecular weight is 236 g/mol. The first-order valence-corrected chi connectivity index (χ1v) is 4.81. The van der Waals surface area contributed by atoms with Crippen LogP contribution in [0.1, 0.15) is 16.1 Å². The lowest BCUT2D eigenvalue weighted by atomic mass is 10.2. The van der Waals surface area contributed by atoms with Gasteiger partial charge in [0.05, 0.1) is 11.9 Å². The molecule has 5 nitrogen and oxygen atoms in total. The summed E-state index contributed by atoms with van der Waals surface area (Å²) in [6.45, 7) is -0.0808. The maximum atomic E-state index is 13.2. The third-order valence-electron chi connectivity index (χ3n) is 2.16. The van der Waals surface area contributed by atoms with Crippen LogP contribution in [0.2, 0.25) is 0 Å². The number of H-pyrrole nitrogens is 1. The van der Waals surface area contributed by atoms with E-state index < -0.39 is 11.8 Å². The van der Waals surface area contributed by atoms with Crippen LogP contribution in [0.25, 0.3) is 0 Å². The minimum Gasteiger partial charge on any atom is -0.484 e. The van der Waals surface area contributed by atoms with E-state index in [0.717, 1.165) is 0 Å². The van der Waals surface area contributed by atoms with Gasteiger partial charge in [-0.05, 0) is 12.1 Å². The van der Waals surface area contributed by atoms with Crippen LogP contribution in [0.3, 0.4) is 0 Å². The summed E-state index contributed by atoms with van der Waals surface area (Å²) in [6, 6.07) is 5.90. The van der Waals surface area contributed by atoms with Gasteiger partial charge in [0.2, 0.25) is 0 Å². The third kappa shape index (κ3) is 2.41. The molecule has 6 heteroatoms. The molecule has 0 unspecified atom stereocenters. The maximum absolute atomic E-state index is 13.2. The normalized spacial score (nSPS) is 10.2. The van der Waals surface area contributed by atoms with E-state index in [1.165, 1.54) is 18.3 Å². The number of carboxylic acid groups (broad SMARTS) is 1. The Hall–Kier alpha value is -2.37. The molecule has 0 amide bonds. The van der Waals surface area contributed by atoms with Gasteiger partial charge in [-0.3, -0.25) is 5.10 Å². The fraction of sp³-hybridized carbons (Fsp3) is 0.0909. The van der Waals surface area contributed by atoms with Crippen LogP contribution in [-0.4, -0.2) is 21.3 Å². The second-order valence-electron chi connectivity index (χ2n) is 3.29. The van der Waals surface area contributed by atoms with Crippen molar-refractivity contribution < 1.29 is 19.0 Å². The van der Waals surface area contributed by atoms with Gasteiger partial charge in [-0.2, -0.15) is 5.10 Å². The van der Waals surface area contributed by atoms with Crippen LogP contribution < -0.4 is 4.74 Å². The van der Waals surface area contributed by atoms with Gasteiger partial charge in [-0.25, -0.2) is 9.18 Å². The quantitative estimate of drug-likeness (QED) is 0.849. The summed E-state index contributed by atoms with van der Waals surface area (Å²) >= 11 is 0. The van der Waals surface area contributed by atoms with Gasteiger partial charge in [-0.15, -0.1) is 0 Å². The Morgan fingerprint density at radius 3 is 2.94 bits per heavy atom. The molecule has 1 aromatic heterocycles. The van der Waals surface area contributed by atoms with Crippen LogP contribution in [0.4, 0.5) is 4.39 Å². The van der Waals surface area contributed by atoms with Crippen LogP contribution in [-0.2, 0) is 6.61 Å². The van der Waals surface area contributed by atoms with Gasteiger partial charge < -0.3 is 9.84 Å². The fourth-order valence-corrected chi connectivity index (χ4v) is 1.32. The smallest absolute Gasteiger partial charge is 0.339 e. The lowest BCUT2D eigenvalue weighted by molar-refractivity contribution is 0.0694. The van der Waals surface area contributed by atoms with Crippen molar-refractivity contribution in [3.05, 3.63) is 47.5 Å². The molecule has 2 N–H and O–H groups in total. The number of benzene rings is 1. The van der Waals surface area contributed by atoms with Crippen molar-refractivity contribution in [3.8, 4) is 5.75 Å². The van der Waals surface area contributed by atoms with Gasteiger partial charge in [-0.1, -0.05) is 12.1 Å². The molecule has 1 aromatic carbocycles. The van der Waals surface area contributed by atoms with Crippen molar-refractivity contribution in [2.24, 2.45) is 0 Å². The molecule has 0 radical (unpaired) electrons. The molecule has 0 atom stereocenters. The number of carboxylic acids is 1. The summed E-state index contributed by atoms with van der Waals surface area (Å²) in [4.78, 5) is 10.8. The number of halogens is 1. The molecule has 0 bridgehead atoms. The fourth-order valence-electron chi connectivity index (χ4n) is 1.32. The summed E-state index contributed by atoms with van der Waals surface area (Å²) in [5.41, 5.74) is 0.307. The van der Waals surface area contributed by atoms with E-state index in [0.29, 0.717) is 5.69 Å². The van der Waals surface area contributed by atoms with Crippen molar-refractivity contribution in [1.82, 2.24) is 10.2 Å². The van der Waals surface area contributed by atoms with Gasteiger partial charge in [0.1, 0.15) is 12.2 Å². The summed E-state index contributed by atoms with van der Waals surface area (Å²) in [6.07, 6.45) is 1.18. The van der Waals surface area contributed by atoms with Crippen molar-refractivity contribution in [2.75, 3.05) is 0 Å². The first kappa shape index (κ1) is 11.1. The zero-order valence-corrected chi connectivity index (χ0v) is 8.68. The molecule has 0 aliphatic rings. The zero-order chi connectivity index (χ0) is 12.3. The molecule has 0 saturated carbocycles. The van der Waals surface area contributed by atoms with Crippen LogP contribution in [0.15, 0.2) is 30.5 Å². The van der Waals surface area contributed by atoms with E-state index in [4.69, 9.17) is 9.84 Å². The van der Waals surface area contributed by atoms with E-state index in [1.54, 1.807) is 12.1 Å². The molecule has 2 aromatic rings. The number of rotatable bonds is 4. The van der Waals surface area contributed by atoms with Crippen molar-refractivity contribution >= 4 is 5.97 Å². The minimum absolute atomic E-state index is 0.0151. The number of aromatic carboxylic acids is 1. The van der Waals surface area contributed by atoms with Gasteiger partial charge in [0.25, 0.3) is 0 Å². The predicted octanol–water partition coefficient (Wildman–Crippen LogP) is 1.83. The monoisotopic (exact) mass is 236 g/mol. The Bertz CT molecular complexity index is 539. The number of nitrogens with zero attached hydrogens (tertiary/aromatic N) is 1. The molecular formula is C11H9FN2O3. The average Bonchev–Trinajstić information content (AvgIpc) is 2.76. The van der Waals surface area contributed by atoms with Gasteiger partial charge in [0.15, 0.2) is 11.6 Å². The molecule has 2 rings (SSSR count). The molecule has 0 spiro atoms. The maximum Gasteiger partial charge on any atom is 0.339 e. The van der Waals surface area contributed by atoms with Crippen LogP contribution in [0, 0.1) is 5.82 Å². The summed E-state index contributed by atoms with van der Waals surface area (Å²) < 4.78 is 18.4. The third-order valence-corrected chi connectivity index (χ3v) is 2.16. The number of aromatic amines is 1. The highest BCUT2D eigenvalue weighted by Crippen LogP contribution is 2.17. The molecule has 1 heterocycles. The van der Waals surface area contributed by atoms with E-state index >= 15 is 0 Å². The van der Waals surface area contributed by atoms with E-state index in [2.05, 4.69) is 10.2 Å². The summed E-state index contributed by atoms with van der Waals surface area (Å²) in [5, 5.41) is 14.9. The zero-order valence-electron chi connectivity index (χ0n) is 8.68. The Morgan fingerprint density at radius 2 is 2.24 bits per heavy atom. The lowest BCUT2D eigenvalue weighted by Crippen LogP contribution is -2.04. The lowest BCUT2D eigenvalue weighted by Gasteiger charge is -2.05. The minimum atomic E-state index is -1.11. The predicted molar refractivity (Wildman–Crippen MR) is 56.3 cm³/mol. The SMILES string of the molecule is O=C(O)c1cn[nH]c1COc1ccccc1F. The Balaban J connectivity index is 2.10. The van der Waals surface area contributed by atoms with Gasteiger partial charge >= 0.3 is 5.97 Å². The van der Waals surface area contributed by atoms with Crippen LogP contribution >= 0.6 is 0 Å². The topological polar surface area (TPSA) is 75.2 Å². The molecule has 0 fully saturated rings. The molecule has 0 aliphatic carbocycles. The van der Waals surface area contributed by atoms with Gasteiger partial charge in [0, 0.05) is 0 Å². The molecular weight excluding hydrogens is 227 g/mol. The standard InChI is InChI=1S/C11H9FN2O3/c12-8-3-1-2-4-10(8)17-6-9-7(11(15)16)5-13-14-9/h1-5H,6H2,(H,13,14)(H,15,16). The number of para-hydroxylation sites is 1. The highest BCUT2D eigenvalue weighted by atomic mass is 19.1. The van der Waals surface area contributed by atoms with Crippen molar-refractivity contribution in [3.63, 3.8) is 0 Å². The number of nitrogens with one attached hydrogen (secondary N) is 1. The molecule has 0 saturated heterocycles. The summed E-state index contributed by atoms with van der Waals surface area (Å²) in [5.74, 6) is -1.53. The van der Waals surface area contributed by atoms with E-state index in [-0.39, 0.29) is 17.9 Å². The summed E-state index contributed by atoms with van der Waals surface area (Å²) in [7, 11) is 0. The highest BCUT2D eigenvalue weighted by Gasteiger charge is 2.13. The van der Waals surface area contributed by atoms with Crippen LogP contribution in [0.5, 0.6) is 5.75 Å². The number of hydrogen-bond donors (Lipinski definition) is 2. The number of carbonyl (C=O) groups is 1. The number of hydrogen-bond acceptors (Lipinski definition) is 3. The van der Waals surface area contributed by atoms with Crippen molar-refractivity contribution in [1.29, 1.82) is 0 Å².